The summed E-state index contributed by atoms with van der Waals surface area (Å²) in [6, 6.07) is 2.05. The van der Waals surface area contributed by atoms with Gasteiger partial charge in [-0.05, 0) is 25.3 Å². The first-order chi connectivity index (χ1) is 8.25. The predicted molar refractivity (Wildman–Crippen MR) is 62.3 cm³/mol. The van der Waals surface area contributed by atoms with Crippen molar-refractivity contribution in [2.24, 2.45) is 5.92 Å². The summed E-state index contributed by atoms with van der Waals surface area (Å²) in [7, 11) is 0. The first-order valence-corrected chi connectivity index (χ1v) is 5.98. The van der Waals surface area contributed by atoms with E-state index in [4.69, 9.17) is 5.11 Å². The molecule has 0 aromatic carbocycles. The van der Waals surface area contributed by atoms with E-state index in [2.05, 4.69) is 15.3 Å². The molecule has 1 heterocycles. The van der Waals surface area contributed by atoms with Crippen LogP contribution in [0, 0.1) is 5.92 Å². The summed E-state index contributed by atoms with van der Waals surface area (Å²) in [4.78, 5) is 19.2. The van der Waals surface area contributed by atoms with Gasteiger partial charge in [-0.25, -0.2) is 9.97 Å². The largest absolute Gasteiger partial charge is 0.481 e. The van der Waals surface area contributed by atoms with E-state index in [0.29, 0.717) is 13.0 Å². The third-order valence-electron chi connectivity index (χ3n) is 3.19. The van der Waals surface area contributed by atoms with Gasteiger partial charge in [0, 0.05) is 18.4 Å². The lowest BCUT2D eigenvalue weighted by atomic mass is 9.86. The Morgan fingerprint density at radius 3 is 2.88 bits per heavy atom. The second-order valence-electron chi connectivity index (χ2n) is 4.44. The van der Waals surface area contributed by atoms with Gasteiger partial charge in [0.15, 0.2) is 0 Å². The molecule has 0 amide bonds. The quantitative estimate of drug-likeness (QED) is 0.820. The Bertz CT molecular complexity index is 369. The van der Waals surface area contributed by atoms with Crippen molar-refractivity contribution < 1.29 is 9.90 Å². The minimum Gasteiger partial charge on any atom is -0.481 e. The Kier molecular flexibility index (Phi) is 4.03. The Hall–Kier alpha value is -1.49. The highest BCUT2D eigenvalue weighted by molar-refractivity contribution is 5.70. The standard InChI is InChI=1S/C12H17N3O2/c16-12(17)9-3-1-4-10(7-9)15-8-11-13-5-2-6-14-11/h2,5-6,9-10,15H,1,3-4,7-8H2,(H,16,17). The van der Waals surface area contributed by atoms with E-state index >= 15 is 0 Å². The van der Waals surface area contributed by atoms with Crippen molar-refractivity contribution in [3.8, 4) is 0 Å². The summed E-state index contributed by atoms with van der Waals surface area (Å²) in [5.41, 5.74) is 0. The topological polar surface area (TPSA) is 75.1 Å². The van der Waals surface area contributed by atoms with Crippen LogP contribution in [0.1, 0.15) is 31.5 Å². The van der Waals surface area contributed by atoms with Crippen LogP contribution in [0.25, 0.3) is 0 Å². The molecule has 5 heteroatoms. The molecule has 2 atom stereocenters. The number of carboxylic acid groups (broad SMARTS) is 1. The molecule has 1 saturated carbocycles. The maximum Gasteiger partial charge on any atom is 0.306 e. The lowest BCUT2D eigenvalue weighted by molar-refractivity contribution is -0.143. The molecule has 2 unspecified atom stereocenters. The number of aromatic nitrogens is 2. The van der Waals surface area contributed by atoms with Gasteiger partial charge in [-0.2, -0.15) is 0 Å². The normalized spacial score (nSPS) is 24.5. The number of rotatable bonds is 4. The predicted octanol–water partition coefficient (Wildman–Crippen LogP) is 1.21. The molecular weight excluding hydrogens is 218 g/mol. The number of hydrogen-bond acceptors (Lipinski definition) is 4. The zero-order chi connectivity index (χ0) is 12.1. The van der Waals surface area contributed by atoms with Crippen molar-refractivity contribution in [1.82, 2.24) is 15.3 Å². The molecule has 1 aromatic rings. The van der Waals surface area contributed by atoms with Crippen molar-refractivity contribution in [3.05, 3.63) is 24.3 Å². The molecule has 0 radical (unpaired) electrons. The molecule has 1 fully saturated rings. The molecular formula is C12H17N3O2. The maximum absolute atomic E-state index is 10.9. The van der Waals surface area contributed by atoms with Gasteiger partial charge in [0.25, 0.3) is 0 Å². The zero-order valence-electron chi connectivity index (χ0n) is 9.67. The van der Waals surface area contributed by atoms with Crippen LogP contribution in [0.2, 0.25) is 0 Å². The Labute approximate surface area is 100 Å². The zero-order valence-corrected chi connectivity index (χ0v) is 9.67. The smallest absolute Gasteiger partial charge is 0.306 e. The minimum atomic E-state index is -0.674. The molecule has 1 aromatic heterocycles. The van der Waals surface area contributed by atoms with Gasteiger partial charge < -0.3 is 10.4 Å². The second kappa shape index (κ2) is 5.72. The molecule has 5 nitrogen and oxygen atoms in total. The average molecular weight is 235 g/mol. The Morgan fingerprint density at radius 1 is 1.41 bits per heavy atom. The van der Waals surface area contributed by atoms with Crippen LogP contribution in [0.3, 0.4) is 0 Å². The molecule has 2 N–H and O–H groups in total. The highest BCUT2D eigenvalue weighted by Crippen LogP contribution is 2.24. The number of hydrogen-bond donors (Lipinski definition) is 2. The lowest BCUT2D eigenvalue weighted by Gasteiger charge is -2.27. The highest BCUT2D eigenvalue weighted by Gasteiger charge is 2.26. The van der Waals surface area contributed by atoms with Crippen molar-refractivity contribution in [3.63, 3.8) is 0 Å². The molecule has 0 saturated heterocycles. The SMILES string of the molecule is O=C(O)C1CCCC(NCc2ncccn2)C1. The molecule has 0 aliphatic heterocycles. The third-order valence-corrected chi connectivity index (χ3v) is 3.19. The molecule has 2 rings (SSSR count). The Balaban J connectivity index is 1.81. The molecule has 0 spiro atoms. The van der Waals surface area contributed by atoms with Gasteiger partial charge in [-0.3, -0.25) is 4.79 Å². The van der Waals surface area contributed by atoms with Crippen LogP contribution >= 0.6 is 0 Å². The summed E-state index contributed by atoms with van der Waals surface area (Å²) in [6.45, 7) is 0.609. The molecule has 17 heavy (non-hydrogen) atoms. The van der Waals surface area contributed by atoms with Crippen LogP contribution < -0.4 is 5.32 Å². The number of carbonyl (C=O) groups is 1. The van der Waals surface area contributed by atoms with Gasteiger partial charge in [-0.15, -0.1) is 0 Å². The first kappa shape index (κ1) is 12.0. The summed E-state index contributed by atoms with van der Waals surface area (Å²) in [6.07, 6.45) is 6.95. The summed E-state index contributed by atoms with van der Waals surface area (Å²) < 4.78 is 0. The van der Waals surface area contributed by atoms with Gasteiger partial charge in [0.05, 0.1) is 12.5 Å². The average Bonchev–Trinajstić information content (AvgIpc) is 2.38. The van der Waals surface area contributed by atoms with Crippen LogP contribution in [-0.4, -0.2) is 27.1 Å². The number of nitrogens with one attached hydrogen (secondary N) is 1. The molecule has 1 aliphatic rings. The van der Waals surface area contributed by atoms with Gasteiger partial charge in [0.1, 0.15) is 5.82 Å². The fraction of sp³-hybridized carbons (Fsp3) is 0.583. The summed E-state index contributed by atoms with van der Waals surface area (Å²) in [5, 5.41) is 12.3. The van der Waals surface area contributed by atoms with Crippen LogP contribution in [0.5, 0.6) is 0 Å². The second-order valence-corrected chi connectivity index (χ2v) is 4.44. The fourth-order valence-electron chi connectivity index (χ4n) is 2.26. The van der Waals surface area contributed by atoms with E-state index in [1.807, 2.05) is 0 Å². The molecule has 92 valence electrons. The maximum atomic E-state index is 10.9. The van der Waals surface area contributed by atoms with Crippen LogP contribution in [0.15, 0.2) is 18.5 Å². The van der Waals surface area contributed by atoms with E-state index in [1.54, 1.807) is 18.5 Å². The first-order valence-electron chi connectivity index (χ1n) is 5.98. The number of carboxylic acids is 1. The summed E-state index contributed by atoms with van der Waals surface area (Å²) in [5.74, 6) is -0.115. The van der Waals surface area contributed by atoms with E-state index < -0.39 is 5.97 Å². The van der Waals surface area contributed by atoms with E-state index in [-0.39, 0.29) is 12.0 Å². The van der Waals surface area contributed by atoms with Gasteiger partial charge in [0.2, 0.25) is 0 Å². The lowest BCUT2D eigenvalue weighted by Crippen LogP contribution is -2.36. The molecule has 1 aliphatic carbocycles. The van der Waals surface area contributed by atoms with E-state index in [0.717, 1.165) is 25.1 Å². The fourth-order valence-corrected chi connectivity index (χ4v) is 2.26. The number of aliphatic carboxylic acids is 1. The monoisotopic (exact) mass is 235 g/mol. The molecule has 0 bridgehead atoms. The van der Waals surface area contributed by atoms with Crippen LogP contribution in [0.4, 0.5) is 0 Å². The van der Waals surface area contributed by atoms with Gasteiger partial charge >= 0.3 is 5.97 Å². The van der Waals surface area contributed by atoms with Gasteiger partial charge in [-0.1, -0.05) is 6.42 Å². The van der Waals surface area contributed by atoms with E-state index in [1.165, 1.54) is 0 Å². The number of nitrogens with zero attached hydrogens (tertiary/aromatic N) is 2. The van der Waals surface area contributed by atoms with E-state index in [9.17, 15) is 4.79 Å². The Morgan fingerprint density at radius 2 is 2.18 bits per heavy atom. The highest BCUT2D eigenvalue weighted by atomic mass is 16.4. The van der Waals surface area contributed by atoms with Crippen molar-refractivity contribution in [1.29, 1.82) is 0 Å². The summed E-state index contributed by atoms with van der Waals surface area (Å²) >= 11 is 0. The van der Waals surface area contributed by atoms with Crippen LogP contribution in [-0.2, 0) is 11.3 Å². The van der Waals surface area contributed by atoms with Crippen molar-refractivity contribution in [2.45, 2.75) is 38.3 Å². The van der Waals surface area contributed by atoms with Crippen molar-refractivity contribution in [2.75, 3.05) is 0 Å². The van der Waals surface area contributed by atoms with Crippen molar-refractivity contribution >= 4 is 5.97 Å². The third kappa shape index (κ3) is 3.49. The minimum absolute atomic E-state index is 0.196.